The van der Waals surface area contributed by atoms with Crippen molar-refractivity contribution in [3.63, 3.8) is 0 Å². The standard InChI is InChI=1S/C16H22N6/c1-8-6-9(2)18-15-13(8)14(17-3)21-16(22-15)20-12-7-10-4-5-11(12)19-10/h6,10-12,19H,4-5,7H2,1-3H3,(H2,17,18,20,21,22). The molecule has 0 amide bonds. The summed E-state index contributed by atoms with van der Waals surface area (Å²) in [5.41, 5.74) is 2.90. The van der Waals surface area contributed by atoms with E-state index in [4.69, 9.17) is 0 Å². The molecule has 0 saturated carbocycles. The molecule has 2 aromatic rings. The van der Waals surface area contributed by atoms with Gasteiger partial charge in [-0.1, -0.05) is 0 Å². The zero-order chi connectivity index (χ0) is 15.3. The number of hydrogen-bond donors (Lipinski definition) is 3. The van der Waals surface area contributed by atoms with Crippen molar-refractivity contribution in [2.75, 3.05) is 17.7 Å². The van der Waals surface area contributed by atoms with Gasteiger partial charge in [-0.15, -0.1) is 0 Å². The second kappa shape index (κ2) is 5.05. The summed E-state index contributed by atoms with van der Waals surface area (Å²) in [6.07, 6.45) is 3.69. The molecule has 2 aliphatic rings. The van der Waals surface area contributed by atoms with Crippen LogP contribution >= 0.6 is 0 Å². The zero-order valence-corrected chi connectivity index (χ0v) is 13.3. The number of hydrogen-bond acceptors (Lipinski definition) is 6. The number of pyridine rings is 1. The Bertz CT molecular complexity index is 728. The molecule has 3 N–H and O–H groups in total. The fourth-order valence-corrected chi connectivity index (χ4v) is 3.87. The lowest BCUT2D eigenvalue weighted by atomic mass is 9.96. The van der Waals surface area contributed by atoms with Gasteiger partial charge >= 0.3 is 0 Å². The number of nitrogens with one attached hydrogen (secondary N) is 3. The highest BCUT2D eigenvalue weighted by molar-refractivity contribution is 5.90. The topological polar surface area (TPSA) is 74.8 Å². The summed E-state index contributed by atoms with van der Waals surface area (Å²) in [5, 5.41) is 11.3. The lowest BCUT2D eigenvalue weighted by molar-refractivity contribution is 0.525. The van der Waals surface area contributed by atoms with E-state index < -0.39 is 0 Å². The van der Waals surface area contributed by atoms with E-state index in [1.54, 1.807) is 0 Å². The van der Waals surface area contributed by atoms with Crippen LogP contribution < -0.4 is 16.0 Å². The predicted molar refractivity (Wildman–Crippen MR) is 88.3 cm³/mol. The molecule has 0 spiro atoms. The van der Waals surface area contributed by atoms with Crippen LogP contribution in [0, 0.1) is 13.8 Å². The van der Waals surface area contributed by atoms with Crippen LogP contribution in [0.5, 0.6) is 0 Å². The largest absolute Gasteiger partial charge is 0.372 e. The Morgan fingerprint density at radius 2 is 2.05 bits per heavy atom. The number of aryl methyl sites for hydroxylation is 2. The fraction of sp³-hybridized carbons (Fsp3) is 0.562. The SMILES string of the molecule is CNc1nc(NC2CC3CCC2N3)nc2nc(C)cc(C)c12. The van der Waals surface area contributed by atoms with Crippen molar-refractivity contribution in [3.05, 3.63) is 17.3 Å². The summed E-state index contributed by atoms with van der Waals surface area (Å²) < 4.78 is 0. The van der Waals surface area contributed by atoms with Gasteiger partial charge in [0.15, 0.2) is 5.65 Å². The molecule has 6 nitrogen and oxygen atoms in total. The quantitative estimate of drug-likeness (QED) is 0.804. The Morgan fingerprint density at radius 3 is 2.73 bits per heavy atom. The molecule has 2 aromatic heterocycles. The van der Waals surface area contributed by atoms with Crippen LogP contribution in [0.3, 0.4) is 0 Å². The van der Waals surface area contributed by atoms with E-state index in [1.165, 1.54) is 12.8 Å². The highest BCUT2D eigenvalue weighted by Crippen LogP contribution is 2.31. The Labute approximate surface area is 130 Å². The van der Waals surface area contributed by atoms with Crippen molar-refractivity contribution in [3.8, 4) is 0 Å². The average molecular weight is 298 g/mol. The lowest BCUT2D eigenvalue weighted by Crippen LogP contribution is -2.34. The fourth-order valence-electron chi connectivity index (χ4n) is 3.87. The second-order valence-electron chi connectivity index (χ2n) is 6.46. The van der Waals surface area contributed by atoms with E-state index in [0.717, 1.165) is 34.5 Å². The summed E-state index contributed by atoms with van der Waals surface area (Å²) >= 11 is 0. The van der Waals surface area contributed by atoms with Crippen molar-refractivity contribution in [2.45, 2.75) is 51.2 Å². The van der Waals surface area contributed by atoms with Gasteiger partial charge in [0.25, 0.3) is 0 Å². The summed E-state index contributed by atoms with van der Waals surface area (Å²) in [5.74, 6) is 1.52. The zero-order valence-electron chi connectivity index (χ0n) is 13.3. The van der Waals surface area contributed by atoms with E-state index >= 15 is 0 Å². The molecule has 22 heavy (non-hydrogen) atoms. The molecule has 2 bridgehead atoms. The van der Waals surface area contributed by atoms with Gasteiger partial charge in [-0.3, -0.25) is 0 Å². The molecular weight excluding hydrogens is 276 g/mol. The van der Waals surface area contributed by atoms with Crippen molar-refractivity contribution < 1.29 is 0 Å². The van der Waals surface area contributed by atoms with Gasteiger partial charge in [0.2, 0.25) is 5.95 Å². The van der Waals surface area contributed by atoms with Crippen LogP contribution in [0.1, 0.15) is 30.5 Å². The van der Waals surface area contributed by atoms with Crippen LogP contribution in [0.25, 0.3) is 11.0 Å². The van der Waals surface area contributed by atoms with Crippen LogP contribution in [0.2, 0.25) is 0 Å². The van der Waals surface area contributed by atoms with E-state index in [1.807, 2.05) is 14.0 Å². The average Bonchev–Trinajstić information content (AvgIpc) is 3.08. The van der Waals surface area contributed by atoms with Crippen LogP contribution in [0.4, 0.5) is 11.8 Å². The number of anilines is 2. The molecule has 3 atom stereocenters. The molecule has 2 saturated heterocycles. The second-order valence-corrected chi connectivity index (χ2v) is 6.46. The third-order valence-corrected chi connectivity index (χ3v) is 4.84. The Kier molecular flexibility index (Phi) is 3.14. The van der Waals surface area contributed by atoms with Crippen molar-refractivity contribution in [1.82, 2.24) is 20.3 Å². The van der Waals surface area contributed by atoms with Crippen molar-refractivity contribution in [2.24, 2.45) is 0 Å². The van der Waals surface area contributed by atoms with Gasteiger partial charge in [-0.2, -0.15) is 9.97 Å². The molecule has 2 aliphatic heterocycles. The summed E-state index contributed by atoms with van der Waals surface area (Å²) in [4.78, 5) is 13.9. The van der Waals surface area contributed by atoms with Gasteiger partial charge in [-0.25, -0.2) is 4.98 Å². The van der Waals surface area contributed by atoms with Crippen LogP contribution in [-0.4, -0.2) is 40.1 Å². The Balaban J connectivity index is 1.72. The molecule has 6 heteroatoms. The molecule has 0 aromatic carbocycles. The van der Waals surface area contributed by atoms with Gasteiger partial charge in [0.05, 0.1) is 5.39 Å². The molecule has 4 rings (SSSR count). The molecule has 0 aliphatic carbocycles. The summed E-state index contributed by atoms with van der Waals surface area (Å²) in [6.45, 7) is 4.08. The predicted octanol–water partition coefficient (Wildman–Crippen LogP) is 1.99. The minimum atomic E-state index is 0.423. The first-order chi connectivity index (χ1) is 10.6. The van der Waals surface area contributed by atoms with Gasteiger partial charge in [-0.05, 0) is 44.7 Å². The smallest absolute Gasteiger partial charge is 0.227 e. The summed E-state index contributed by atoms with van der Waals surface area (Å²) in [7, 11) is 1.89. The number of aromatic nitrogens is 3. The van der Waals surface area contributed by atoms with Crippen molar-refractivity contribution in [1.29, 1.82) is 0 Å². The minimum Gasteiger partial charge on any atom is -0.372 e. The third kappa shape index (κ3) is 2.18. The van der Waals surface area contributed by atoms with E-state index in [2.05, 4.69) is 43.9 Å². The first-order valence-corrected chi connectivity index (χ1v) is 8.00. The molecule has 2 fully saturated rings. The van der Waals surface area contributed by atoms with E-state index in [9.17, 15) is 0 Å². The van der Waals surface area contributed by atoms with Gasteiger partial charge in [0, 0.05) is 30.9 Å². The Morgan fingerprint density at radius 1 is 1.18 bits per heavy atom. The number of nitrogens with zero attached hydrogens (tertiary/aromatic N) is 3. The Hall–Kier alpha value is -1.95. The molecule has 3 unspecified atom stereocenters. The maximum Gasteiger partial charge on any atom is 0.227 e. The van der Waals surface area contributed by atoms with Crippen molar-refractivity contribution >= 4 is 22.8 Å². The number of fused-ring (bicyclic) bond motifs is 3. The molecular formula is C16H22N6. The highest BCUT2D eigenvalue weighted by atomic mass is 15.2. The monoisotopic (exact) mass is 298 g/mol. The van der Waals surface area contributed by atoms with Crippen LogP contribution in [-0.2, 0) is 0 Å². The minimum absolute atomic E-state index is 0.423. The summed E-state index contributed by atoms with van der Waals surface area (Å²) in [6, 6.07) is 3.70. The molecule has 4 heterocycles. The molecule has 0 radical (unpaired) electrons. The van der Waals surface area contributed by atoms with Crippen LogP contribution in [0.15, 0.2) is 6.07 Å². The lowest BCUT2D eigenvalue weighted by Gasteiger charge is -2.22. The number of rotatable bonds is 3. The highest BCUT2D eigenvalue weighted by Gasteiger charge is 2.39. The third-order valence-electron chi connectivity index (χ3n) is 4.84. The van der Waals surface area contributed by atoms with E-state index in [-0.39, 0.29) is 0 Å². The maximum absolute atomic E-state index is 4.66. The maximum atomic E-state index is 4.66. The first kappa shape index (κ1) is 13.7. The first-order valence-electron chi connectivity index (χ1n) is 8.00. The van der Waals surface area contributed by atoms with Gasteiger partial charge in [0.1, 0.15) is 5.82 Å². The van der Waals surface area contributed by atoms with Gasteiger partial charge < -0.3 is 16.0 Å². The molecule has 116 valence electrons. The normalized spacial score (nSPS) is 26.6. The van der Waals surface area contributed by atoms with E-state index in [0.29, 0.717) is 24.1 Å².